The number of nitrogen functional groups attached to an aromatic ring is 1. The predicted octanol–water partition coefficient (Wildman–Crippen LogP) is 7.29. The largest absolute Gasteiger partial charge is 0.397 e. The van der Waals surface area contributed by atoms with Crippen LogP contribution in [0.25, 0.3) is 10.8 Å². The first-order chi connectivity index (χ1) is 14.6. The van der Waals surface area contributed by atoms with Gasteiger partial charge in [-0.15, -0.1) is 0 Å². The minimum atomic E-state index is -1.54. The van der Waals surface area contributed by atoms with E-state index >= 15 is 0 Å². The number of aryl methyl sites for hydroxylation is 2. The zero-order valence-corrected chi connectivity index (χ0v) is 20.3. The van der Waals surface area contributed by atoms with Gasteiger partial charge in [-0.05, 0) is 67.0 Å². The molecular weight excluding hydrogens is 390 g/mol. The van der Waals surface area contributed by atoms with Crippen LogP contribution in [0, 0.1) is 0 Å². The number of benzene rings is 2. The maximum absolute atomic E-state index is 13.2. The molecule has 0 spiro atoms. The summed E-state index contributed by atoms with van der Waals surface area (Å²) in [6.45, 7) is 9.29. The smallest absolute Gasteiger partial charge is 0.191 e. The molecule has 0 aliphatic rings. The lowest BCUT2D eigenvalue weighted by molar-refractivity contribution is 0.338. The number of hydrogen-bond donors (Lipinski definition) is 1. The Bertz CT molecular complexity index is 832. The van der Waals surface area contributed by atoms with Crippen molar-refractivity contribution in [2.45, 2.75) is 103 Å². The molecule has 0 aromatic heterocycles. The first kappa shape index (κ1) is 24.9. The van der Waals surface area contributed by atoms with E-state index in [-0.39, 0.29) is 0 Å². The highest BCUT2D eigenvalue weighted by atomic mass is 32.2. The van der Waals surface area contributed by atoms with Crippen LogP contribution in [0.2, 0.25) is 0 Å². The van der Waals surface area contributed by atoms with Crippen molar-refractivity contribution in [1.82, 2.24) is 0 Å². The summed E-state index contributed by atoms with van der Waals surface area (Å²) in [5.74, 6) is 0. The minimum absolute atomic E-state index is 0.501. The van der Waals surface area contributed by atoms with Crippen molar-refractivity contribution < 1.29 is 8.39 Å². The molecule has 30 heavy (non-hydrogen) atoms. The molecule has 0 saturated carbocycles. The highest BCUT2D eigenvalue weighted by molar-refractivity contribution is 7.80. The fourth-order valence-corrected chi connectivity index (χ4v) is 5.14. The number of hydrogen-bond acceptors (Lipinski definition) is 3. The van der Waals surface area contributed by atoms with Crippen LogP contribution in [-0.2, 0) is 34.5 Å². The second kappa shape index (κ2) is 13.1. The van der Waals surface area contributed by atoms with E-state index in [0.717, 1.165) is 76.0 Å². The standard InChI is InChI=1S/C26H41NO2S/c1-5-9-14-20-15-13-18-23-24(20)21(16-10-6-2)22(17-11-7-3)25(27)26(23)30(28)29-19-12-8-4/h13,15,18H,5-12,14,16-17,19,27H2,1-4H3. The Morgan fingerprint density at radius 1 is 0.833 bits per heavy atom. The number of fused-ring (bicyclic) bond motifs is 1. The van der Waals surface area contributed by atoms with E-state index in [1.54, 1.807) is 0 Å². The molecule has 2 N–H and O–H groups in total. The molecule has 3 nitrogen and oxygen atoms in total. The third kappa shape index (κ3) is 6.07. The van der Waals surface area contributed by atoms with E-state index in [4.69, 9.17) is 9.92 Å². The van der Waals surface area contributed by atoms with Crippen molar-refractivity contribution in [1.29, 1.82) is 0 Å². The molecule has 4 heteroatoms. The highest BCUT2D eigenvalue weighted by Crippen LogP contribution is 2.39. The Morgan fingerprint density at radius 2 is 1.43 bits per heavy atom. The monoisotopic (exact) mass is 431 g/mol. The van der Waals surface area contributed by atoms with Gasteiger partial charge in [0.25, 0.3) is 0 Å². The van der Waals surface area contributed by atoms with Gasteiger partial charge < -0.3 is 5.73 Å². The molecule has 1 atom stereocenters. The van der Waals surface area contributed by atoms with Crippen LogP contribution < -0.4 is 5.73 Å². The first-order valence-electron chi connectivity index (χ1n) is 12.0. The van der Waals surface area contributed by atoms with Crippen LogP contribution in [-0.4, -0.2) is 10.8 Å². The summed E-state index contributed by atoms with van der Waals surface area (Å²) >= 11 is -1.54. The maximum Gasteiger partial charge on any atom is 0.191 e. The molecule has 2 aromatic carbocycles. The van der Waals surface area contributed by atoms with Crippen molar-refractivity contribution in [3.8, 4) is 0 Å². The van der Waals surface area contributed by atoms with Crippen molar-refractivity contribution in [2.24, 2.45) is 0 Å². The molecule has 2 aromatic rings. The first-order valence-corrected chi connectivity index (χ1v) is 13.1. The molecule has 0 fully saturated rings. The van der Waals surface area contributed by atoms with Crippen LogP contribution in [0.15, 0.2) is 23.1 Å². The van der Waals surface area contributed by atoms with Gasteiger partial charge in [0.05, 0.1) is 17.2 Å². The SMILES string of the molecule is CCCCOS(=O)c1c(N)c(CCCC)c(CCCC)c2c(CCCC)cccc12. The van der Waals surface area contributed by atoms with E-state index in [1.807, 2.05) is 0 Å². The number of nitrogens with two attached hydrogens (primary N) is 1. The third-order valence-corrected chi connectivity index (χ3v) is 7.00. The lowest BCUT2D eigenvalue weighted by Crippen LogP contribution is -2.11. The molecule has 0 saturated heterocycles. The molecule has 2 rings (SSSR count). The Kier molecular flexibility index (Phi) is 10.9. The Labute approximate surface area is 186 Å². The molecule has 0 amide bonds. The van der Waals surface area contributed by atoms with Crippen LogP contribution in [0.1, 0.15) is 95.8 Å². The summed E-state index contributed by atoms with van der Waals surface area (Å²) < 4.78 is 19.0. The molecule has 0 heterocycles. The number of rotatable bonds is 14. The van der Waals surface area contributed by atoms with E-state index in [0.29, 0.717) is 17.2 Å². The number of anilines is 1. The van der Waals surface area contributed by atoms with Crippen LogP contribution >= 0.6 is 0 Å². The molecule has 1 unspecified atom stereocenters. The predicted molar refractivity (Wildman–Crippen MR) is 131 cm³/mol. The minimum Gasteiger partial charge on any atom is -0.397 e. The van der Waals surface area contributed by atoms with Gasteiger partial charge in [0.1, 0.15) is 0 Å². The van der Waals surface area contributed by atoms with Crippen LogP contribution in [0.3, 0.4) is 0 Å². The quantitative estimate of drug-likeness (QED) is 0.252. The summed E-state index contributed by atoms with van der Waals surface area (Å²) in [5, 5.41) is 2.32. The van der Waals surface area contributed by atoms with Gasteiger partial charge >= 0.3 is 0 Å². The van der Waals surface area contributed by atoms with Gasteiger partial charge in [-0.2, -0.15) is 0 Å². The third-order valence-electron chi connectivity index (χ3n) is 5.85. The summed E-state index contributed by atoms with van der Waals surface area (Å²) in [5.41, 5.74) is 11.4. The van der Waals surface area contributed by atoms with E-state index in [1.165, 1.54) is 22.1 Å². The normalized spacial score (nSPS) is 12.5. The van der Waals surface area contributed by atoms with Gasteiger partial charge in [0, 0.05) is 5.39 Å². The Morgan fingerprint density at radius 3 is 2.07 bits per heavy atom. The van der Waals surface area contributed by atoms with E-state index in [2.05, 4.69) is 45.9 Å². The van der Waals surface area contributed by atoms with Crippen molar-refractivity contribution in [3.05, 3.63) is 34.9 Å². The lowest BCUT2D eigenvalue weighted by atomic mass is 9.87. The topological polar surface area (TPSA) is 52.3 Å². The van der Waals surface area contributed by atoms with Gasteiger partial charge in [-0.3, -0.25) is 4.18 Å². The average Bonchev–Trinajstić information content (AvgIpc) is 2.75. The van der Waals surface area contributed by atoms with Crippen LogP contribution in [0.4, 0.5) is 5.69 Å². The molecule has 0 bridgehead atoms. The summed E-state index contributed by atoms with van der Waals surface area (Å²) in [4.78, 5) is 0.700. The molecule has 168 valence electrons. The van der Waals surface area contributed by atoms with Gasteiger partial charge in [-0.25, -0.2) is 4.21 Å². The van der Waals surface area contributed by atoms with E-state index in [9.17, 15) is 4.21 Å². The lowest BCUT2D eigenvalue weighted by Gasteiger charge is -2.22. The van der Waals surface area contributed by atoms with Gasteiger partial charge in [-0.1, -0.05) is 71.6 Å². The Hall–Kier alpha value is -1.39. The second-order valence-corrected chi connectivity index (χ2v) is 9.37. The average molecular weight is 432 g/mol. The fraction of sp³-hybridized carbons (Fsp3) is 0.615. The molecule has 0 radical (unpaired) electrons. The van der Waals surface area contributed by atoms with Crippen LogP contribution in [0.5, 0.6) is 0 Å². The molecule has 0 aliphatic heterocycles. The molecular formula is C26H41NO2S. The summed E-state index contributed by atoms with van der Waals surface area (Å²) in [6, 6.07) is 6.43. The van der Waals surface area contributed by atoms with Gasteiger partial charge in [0.2, 0.25) is 0 Å². The zero-order chi connectivity index (χ0) is 21.9. The summed E-state index contributed by atoms with van der Waals surface area (Å²) in [6.07, 6.45) is 11.8. The van der Waals surface area contributed by atoms with Crippen molar-refractivity contribution in [3.63, 3.8) is 0 Å². The molecule has 0 aliphatic carbocycles. The van der Waals surface area contributed by atoms with Crippen molar-refractivity contribution >= 4 is 27.5 Å². The summed E-state index contributed by atoms with van der Waals surface area (Å²) in [7, 11) is 0. The highest BCUT2D eigenvalue weighted by Gasteiger charge is 2.23. The van der Waals surface area contributed by atoms with Crippen molar-refractivity contribution in [2.75, 3.05) is 12.3 Å². The Balaban J connectivity index is 2.74. The number of unbranched alkanes of at least 4 members (excludes halogenated alkanes) is 4. The van der Waals surface area contributed by atoms with E-state index < -0.39 is 11.1 Å². The zero-order valence-electron chi connectivity index (χ0n) is 19.5. The second-order valence-electron chi connectivity index (χ2n) is 8.26. The fourth-order valence-electron chi connectivity index (χ4n) is 4.10. The van der Waals surface area contributed by atoms with Gasteiger partial charge in [0.15, 0.2) is 11.1 Å². The maximum atomic E-state index is 13.2.